The summed E-state index contributed by atoms with van der Waals surface area (Å²) >= 11 is 0. The second-order valence-electron chi connectivity index (χ2n) is 4.95. The Labute approximate surface area is 108 Å². The van der Waals surface area contributed by atoms with Gasteiger partial charge in [-0.3, -0.25) is 0 Å². The Morgan fingerprint density at radius 3 is 3.17 bits per heavy atom. The Kier molecular flexibility index (Phi) is 4.60. The lowest BCUT2D eigenvalue weighted by Gasteiger charge is -2.20. The SMILES string of the molecule is COCCn1cc(C)nc1NC(C)C1CCOC1. The van der Waals surface area contributed by atoms with Crippen molar-refractivity contribution in [2.24, 2.45) is 5.92 Å². The van der Waals surface area contributed by atoms with Crippen molar-refractivity contribution in [3.8, 4) is 0 Å². The first-order valence-electron chi connectivity index (χ1n) is 6.57. The normalized spacial score (nSPS) is 21.2. The zero-order valence-corrected chi connectivity index (χ0v) is 11.5. The van der Waals surface area contributed by atoms with E-state index in [1.165, 1.54) is 0 Å². The number of aryl methyl sites for hydroxylation is 1. The smallest absolute Gasteiger partial charge is 0.203 e. The molecule has 5 heteroatoms. The summed E-state index contributed by atoms with van der Waals surface area (Å²) in [6.07, 6.45) is 3.19. The van der Waals surface area contributed by atoms with Gasteiger partial charge in [0, 0.05) is 38.4 Å². The van der Waals surface area contributed by atoms with Gasteiger partial charge in [-0.2, -0.15) is 0 Å². The molecule has 2 heterocycles. The number of aromatic nitrogens is 2. The van der Waals surface area contributed by atoms with Crippen LogP contribution in [0.15, 0.2) is 6.20 Å². The molecular weight excluding hydrogens is 230 g/mol. The molecule has 18 heavy (non-hydrogen) atoms. The molecule has 2 rings (SSSR count). The lowest BCUT2D eigenvalue weighted by atomic mass is 10.0. The monoisotopic (exact) mass is 253 g/mol. The van der Waals surface area contributed by atoms with E-state index in [9.17, 15) is 0 Å². The van der Waals surface area contributed by atoms with E-state index < -0.39 is 0 Å². The summed E-state index contributed by atoms with van der Waals surface area (Å²) in [6.45, 7) is 7.47. The Balaban J connectivity index is 1.98. The number of ether oxygens (including phenoxy) is 2. The topological polar surface area (TPSA) is 48.3 Å². The van der Waals surface area contributed by atoms with Crippen LogP contribution < -0.4 is 5.32 Å². The zero-order valence-electron chi connectivity index (χ0n) is 11.5. The van der Waals surface area contributed by atoms with Gasteiger partial charge in [0.15, 0.2) is 0 Å². The first-order valence-corrected chi connectivity index (χ1v) is 6.57. The highest BCUT2D eigenvalue weighted by molar-refractivity contribution is 5.30. The van der Waals surface area contributed by atoms with Crippen molar-refractivity contribution < 1.29 is 9.47 Å². The summed E-state index contributed by atoms with van der Waals surface area (Å²) in [4.78, 5) is 4.53. The molecule has 0 amide bonds. The fraction of sp³-hybridized carbons (Fsp3) is 0.769. The van der Waals surface area contributed by atoms with Crippen LogP contribution in [0.2, 0.25) is 0 Å². The average molecular weight is 253 g/mol. The highest BCUT2D eigenvalue weighted by Gasteiger charge is 2.23. The Morgan fingerprint density at radius 1 is 1.67 bits per heavy atom. The number of hydrogen-bond donors (Lipinski definition) is 1. The van der Waals surface area contributed by atoms with Gasteiger partial charge in [0.2, 0.25) is 5.95 Å². The van der Waals surface area contributed by atoms with Gasteiger partial charge < -0.3 is 19.4 Å². The van der Waals surface area contributed by atoms with Crippen molar-refractivity contribution in [2.75, 3.05) is 32.2 Å². The molecule has 1 fully saturated rings. The molecule has 1 saturated heterocycles. The van der Waals surface area contributed by atoms with E-state index in [1.54, 1.807) is 7.11 Å². The molecule has 1 N–H and O–H groups in total. The van der Waals surface area contributed by atoms with Crippen molar-refractivity contribution >= 4 is 5.95 Å². The second-order valence-corrected chi connectivity index (χ2v) is 4.95. The fourth-order valence-electron chi connectivity index (χ4n) is 2.29. The van der Waals surface area contributed by atoms with Crippen molar-refractivity contribution in [1.82, 2.24) is 9.55 Å². The Bertz CT molecular complexity index is 372. The molecule has 0 aromatic carbocycles. The summed E-state index contributed by atoms with van der Waals surface area (Å²) in [5.41, 5.74) is 1.03. The standard InChI is InChI=1S/C13H23N3O2/c1-10-8-16(5-7-17-3)13(14-10)15-11(2)12-4-6-18-9-12/h8,11-12H,4-7,9H2,1-3H3,(H,14,15). The molecule has 2 unspecified atom stereocenters. The van der Waals surface area contributed by atoms with Gasteiger partial charge in [0.25, 0.3) is 0 Å². The van der Waals surface area contributed by atoms with Crippen LogP contribution in [0.25, 0.3) is 0 Å². The van der Waals surface area contributed by atoms with Crippen LogP contribution in [0.4, 0.5) is 5.95 Å². The maximum Gasteiger partial charge on any atom is 0.203 e. The van der Waals surface area contributed by atoms with Crippen LogP contribution in [0, 0.1) is 12.8 Å². The van der Waals surface area contributed by atoms with Gasteiger partial charge in [0.1, 0.15) is 0 Å². The third-order valence-electron chi connectivity index (χ3n) is 3.46. The molecule has 102 valence electrons. The minimum absolute atomic E-state index is 0.385. The van der Waals surface area contributed by atoms with Crippen LogP contribution in [-0.4, -0.2) is 42.5 Å². The van der Waals surface area contributed by atoms with Gasteiger partial charge in [0.05, 0.1) is 18.9 Å². The maximum absolute atomic E-state index is 5.43. The van der Waals surface area contributed by atoms with E-state index in [0.717, 1.165) is 37.8 Å². The minimum atomic E-state index is 0.385. The number of hydrogen-bond acceptors (Lipinski definition) is 4. The molecule has 0 saturated carbocycles. The van der Waals surface area contributed by atoms with Crippen molar-refractivity contribution in [3.05, 3.63) is 11.9 Å². The number of anilines is 1. The summed E-state index contributed by atoms with van der Waals surface area (Å²) in [5, 5.41) is 3.50. The van der Waals surface area contributed by atoms with E-state index in [-0.39, 0.29) is 0 Å². The molecule has 1 aromatic heterocycles. The predicted molar refractivity (Wildman–Crippen MR) is 70.9 cm³/mol. The number of nitrogens with one attached hydrogen (secondary N) is 1. The molecule has 1 aliphatic rings. The fourth-order valence-corrected chi connectivity index (χ4v) is 2.29. The number of rotatable bonds is 6. The molecule has 0 bridgehead atoms. The molecular formula is C13H23N3O2. The summed E-state index contributed by atoms with van der Waals surface area (Å²) < 4.78 is 12.7. The van der Waals surface area contributed by atoms with Crippen LogP contribution in [-0.2, 0) is 16.0 Å². The highest BCUT2D eigenvalue weighted by Crippen LogP contribution is 2.20. The molecule has 1 aliphatic heterocycles. The van der Waals surface area contributed by atoms with Crippen LogP contribution in [0.1, 0.15) is 19.0 Å². The first kappa shape index (κ1) is 13.4. The molecule has 2 atom stereocenters. The number of imidazole rings is 1. The van der Waals surface area contributed by atoms with E-state index in [0.29, 0.717) is 18.6 Å². The van der Waals surface area contributed by atoms with Crippen molar-refractivity contribution in [1.29, 1.82) is 0 Å². The lowest BCUT2D eigenvalue weighted by Crippen LogP contribution is -2.28. The van der Waals surface area contributed by atoms with Crippen molar-refractivity contribution in [3.63, 3.8) is 0 Å². The molecule has 0 radical (unpaired) electrons. The average Bonchev–Trinajstić information content (AvgIpc) is 2.96. The Hall–Kier alpha value is -1.07. The van der Waals surface area contributed by atoms with Gasteiger partial charge >= 0.3 is 0 Å². The molecule has 0 aliphatic carbocycles. The van der Waals surface area contributed by atoms with E-state index in [2.05, 4.69) is 28.0 Å². The largest absolute Gasteiger partial charge is 0.383 e. The van der Waals surface area contributed by atoms with E-state index >= 15 is 0 Å². The molecule has 1 aromatic rings. The second kappa shape index (κ2) is 6.20. The van der Waals surface area contributed by atoms with Crippen LogP contribution in [0.3, 0.4) is 0 Å². The zero-order chi connectivity index (χ0) is 13.0. The first-order chi connectivity index (χ1) is 8.70. The summed E-state index contributed by atoms with van der Waals surface area (Å²) in [7, 11) is 1.72. The maximum atomic E-state index is 5.43. The lowest BCUT2D eigenvalue weighted by molar-refractivity contribution is 0.182. The van der Waals surface area contributed by atoms with Gasteiger partial charge in [-0.15, -0.1) is 0 Å². The summed E-state index contributed by atoms with van der Waals surface area (Å²) in [6, 6.07) is 0.385. The third-order valence-corrected chi connectivity index (χ3v) is 3.46. The molecule has 0 spiro atoms. The third kappa shape index (κ3) is 3.23. The summed E-state index contributed by atoms with van der Waals surface area (Å²) in [5.74, 6) is 1.52. The number of methoxy groups -OCH3 is 1. The van der Waals surface area contributed by atoms with Gasteiger partial charge in [-0.25, -0.2) is 4.98 Å². The van der Waals surface area contributed by atoms with Crippen molar-refractivity contribution in [2.45, 2.75) is 32.9 Å². The van der Waals surface area contributed by atoms with E-state index in [1.807, 2.05) is 6.92 Å². The minimum Gasteiger partial charge on any atom is -0.383 e. The molecule has 5 nitrogen and oxygen atoms in total. The van der Waals surface area contributed by atoms with Crippen LogP contribution in [0.5, 0.6) is 0 Å². The highest BCUT2D eigenvalue weighted by atomic mass is 16.5. The Morgan fingerprint density at radius 2 is 2.50 bits per heavy atom. The van der Waals surface area contributed by atoms with Gasteiger partial charge in [-0.1, -0.05) is 0 Å². The number of nitrogens with zero attached hydrogens (tertiary/aromatic N) is 2. The van der Waals surface area contributed by atoms with Gasteiger partial charge in [-0.05, 0) is 20.3 Å². The van der Waals surface area contributed by atoms with E-state index in [4.69, 9.17) is 9.47 Å². The predicted octanol–water partition coefficient (Wildman–Crippen LogP) is 1.67. The van der Waals surface area contributed by atoms with Crippen LogP contribution >= 0.6 is 0 Å². The quantitative estimate of drug-likeness (QED) is 0.838.